The molecule has 0 aliphatic heterocycles. The van der Waals surface area contributed by atoms with Gasteiger partial charge in [-0.2, -0.15) is 0 Å². The fourth-order valence-electron chi connectivity index (χ4n) is 0.810. The van der Waals surface area contributed by atoms with Crippen LogP contribution in [0.2, 0.25) is 0 Å². The minimum atomic E-state index is 0.131. The molecule has 0 atom stereocenters. The molecule has 0 N–H and O–H groups in total. The van der Waals surface area contributed by atoms with Gasteiger partial charge in [-0.15, -0.1) is 11.8 Å². The summed E-state index contributed by atoms with van der Waals surface area (Å²) in [6, 6.07) is 7.99. The summed E-state index contributed by atoms with van der Waals surface area (Å²) in [7, 11) is 0. The maximum absolute atomic E-state index is 10.7. The molecule has 12 heavy (non-hydrogen) atoms. The number of thioether (sulfide) groups is 2. The number of hydrogen-bond acceptors (Lipinski definition) is 3. The van der Waals surface area contributed by atoms with Crippen molar-refractivity contribution in [2.24, 2.45) is 0 Å². The van der Waals surface area contributed by atoms with Crippen LogP contribution in [0.1, 0.15) is 6.92 Å². The Hall–Kier alpha value is -0.410. The Kier molecular flexibility index (Phi) is 3.69. The van der Waals surface area contributed by atoms with Crippen LogP contribution in [-0.2, 0) is 4.79 Å². The first-order valence-electron chi connectivity index (χ1n) is 3.55. The predicted octanol–water partition coefficient (Wildman–Crippen LogP) is 3.05. The van der Waals surface area contributed by atoms with Crippen molar-refractivity contribution in [2.45, 2.75) is 16.7 Å². The largest absolute Gasteiger partial charge is 0.287 e. The highest BCUT2D eigenvalue weighted by molar-refractivity contribution is 8.13. The smallest absolute Gasteiger partial charge is 0.190 e. The first-order chi connectivity index (χ1) is 5.72. The maximum Gasteiger partial charge on any atom is 0.190 e. The highest BCUT2D eigenvalue weighted by atomic mass is 32.2. The zero-order valence-electron chi connectivity index (χ0n) is 7.03. The van der Waals surface area contributed by atoms with Crippen LogP contribution in [0.5, 0.6) is 0 Å². The molecule has 0 aromatic heterocycles. The zero-order valence-corrected chi connectivity index (χ0v) is 8.67. The monoisotopic (exact) mass is 198 g/mol. The average molecular weight is 198 g/mol. The first kappa shape index (κ1) is 9.68. The molecule has 0 saturated heterocycles. The molecule has 0 heterocycles. The minimum absolute atomic E-state index is 0.131. The topological polar surface area (TPSA) is 17.1 Å². The molecule has 0 fully saturated rings. The maximum atomic E-state index is 10.7. The molecule has 0 aliphatic carbocycles. The Morgan fingerprint density at radius 1 is 1.17 bits per heavy atom. The highest BCUT2D eigenvalue weighted by Gasteiger charge is 1.97. The molecule has 3 heteroatoms. The van der Waals surface area contributed by atoms with Gasteiger partial charge < -0.3 is 0 Å². The number of rotatable bonds is 2. The van der Waals surface area contributed by atoms with Crippen LogP contribution in [0.3, 0.4) is 0 Å². The van der Waals surface area contributed by atoms with Crippen molar-refractivity contribution in [1.82, 2.24) is 0 Å². The lowest BCUT2D eigenvalue weighted by atomic mass is 10.4. The third-order valence-electron chi connectivity index (χ3n) is 1.32. The third kappa shape index (κ3) is 2.91. The van der Waals surface area contributed by atoms with E-state index >= 15 is 0 Å². The SMILES string of the molecule is CSc1ccc(SC(C)=O)cc1. The number of carbonyl (C=O) groups is 1. The van der Waals surface area contributed by atoms with E-state index in [1.54, 1.807) is 18.7 Å². The van der Waals surface area contributed by atoms with Gasteiger partial charge in [0.1, 0.15) is 0 Å². The van der Waals surface area contributed by atoms with Gasteiger partial charge in [-0.25, -0.2) is 0 Å². The molecule has 0 amide bonds. The van der Waals surface area contributed by atoms with Gasteiger partial charge in [0.2, 0.25) is 0 Å². The third-order valence-corrected chi connectivity index (χ3v) is 2.86. The van der Waals surface area contributed by atoms with Gasteiger partial charge in [-0.3, -0.25) is 4.79 Å². The summed E-state index contributed by atoms with van der Waals surface area (Å²) in [5, 5.41) is 0.131. The van der Waals surface area contributed by atoms with E-state index in [1.807, 2.05) is 30.5 Å². The lowest BCUT2D eigenvalue weighted by Crippen LogP contribution is -1.80. The van der Waals surface area contributed by atoms with Crippen molar-refractivity contribution in [3.8, 4) is 0 Å². The molecule has 0 unspecified atom stereocenters. The summed E-state index contributed by atoms with van der Waals surface area (Å²) < 4.78 is 0. The number of benzene rings is 1. The minimum Gasteiger partial charge on any atom is -0.287 e. The second-order valence-corrected chi connectivity index (χ2v) is 4.40. The Morgan fingerprint density at radius 3 is 2.08 bits per heavy atom. The molecule has 64 valence electrons. The molecule has 1 aromatic carbocycles. The summed E-state index contributed by atoms with van der Waals surface area (Å²) in [4.78, 5) is 13.0. The highest BCUT2D eigenvalue weighted by Crippen LogP contribution is 2.22. The molecule has 0 saturated carbocycles. The molecule has 0 aliphatic rings. The van der Waals surface area contributed by atoms with Crippen LogP contribution < -0.4 is 0 Å². The molecule has 1 rings (SSSR count). The van der Waals surface area contributed by atoms with Gasteiger partial charge in [0.25, 0.3) is 0 Å². The van der Waals surface area contributed by atoms with Gasteiger partial charge >= 0.3 is 0 Å². The fourth-order valence-corrected chi connectivity index (χ4v) is 1.82. The van der Waals surface area contributed by atoms with Crippen molar-refractivity contribution in [3.63, 3.8) is 0 Å². The fraction of sp³-hybridized carbons (Fsp3) is 0.222. The number of carbonyl (C=O) groups excluding carboxylic acids is 1. The van der Waals surface area contributed by atoms with Crippen LogP contribution in [0.4, 0.5) is 0 Å². The summed E-state index contributed by atoms with van der Waals surface area (Å²) in [5.41, 5.74) is 0. The van der Waals surface area contributed by atoms with Gasteiger partial charge in [0.05, 0.1) is 0 Å². The van der Waals surface area contributed by atoms with Crippen LogP contribution in [0.25, 0.3) is 0 Å². The van der Waals surface area contributed by atoms with Gasteiger partial charge in [0, 0.05) is 16.7 Å². The first-order valence-corrected chi connectivity index (χ1v) is 5.59. The molecule has 0 spiro atoms. The second kappa shape index (κ2) is 4.58. The standard InChI is InChI=1S/C9H10OS2/c1-7(10)12-9-5-3-8(11-2)4-6-9/h3-6H,1-2H3. The quantitative estimate of drug-likeness (QED) is 0.680. The van der Waals surface area contributed by atoms with E-state index in [9.17, 15) is 4.79 Å². The summed E-state index contributed by atoms with van der Waals surface area (Å²) >= 11 is 2.97. The molecule has 0 bridgehead atoms. The van der Waals surface area contributed by atoms with Crippen molar-refractivity contribution in [3.05, 3.63) is 24.3 Å². The van der Waals surface area contributed by atoms with E-state index in [1.165, 1.54) is 16.7 Å². The van der Waals surface area contributed by atoms with Crippen LogP contribution in [0, 0.1) is 0 Å². The van der Waals surface area contributed by atoms with Gasteiger partial charge in [0.15, 0.2) is 5.12 Å². The van der Waals surface area contributed by atoms with Crippen LogP contribution in [-0.4, -0.2) is 11.4 Å². The number of hydrogen-bond donors (Lipinski definition) is 0. The lowest BCUT2D eigenvalue weighted by Gasteiger charge is -1.98. The summed E-state index contributed by atoms with van der Waals surface area (Å²) in [5.74, 6) is 0. The van der Waals surface area contributed by atoms with E-state index in [4.69, 9.17) is 0 Å². The van der Waals surface area contributed by atoms with E-state index in [-0.39, 0.29) is 5.12 Å². The van der Waals surface area contributed by atoms with Gasteiger partial charge in [-0.1, -0.05) is 11.8 Å². The zero-order chi connectivity index (χ0) is 8.97. The second-order valence-electron chi connectivity index (χ2n) is 2.27. The Labute approximate surface area is 80.9 Å². The lowest BCUT2D eigenvalue weighted by molar-refractivity contribution is -0.109. The van der Waals surface area contributed by atoms with Crippen molar-refractivity contribution in [1.29, 1.82) is 0 Å². The van der Waals surface area contributed by atoms with Crippen molar-refractivity contribution in [2.75, 3.05) is 6.26 Å². The van der Waals surface area contributed by atoms with E-state index in [2.05, 4.69) is 0 Å². The van der Waals surface area contributed by atoms with Crippen molar-refractivity contribution >= 4 is 28.6 Å². The normalized spacial score (nSPS) is 9.83. The van der Waals surface area contributed by atoms with Crippen molar-refractivity contribution < 1.29 is 4.79 Å². The average Bonchev–Trinajstić information content (AvgIpc) is 2.05. The van der Waals surface area contributed by atoms with E-state index in [0.717, 1.165) is 4.90 Å². The molecular weight excluding hydrogens is 188 g/mol. The summed E-state index contributed by atoms with van der Waals surface area (Å²) in [6.07, 6.45) is 2.03. The Balaban J connectivity index is 2.71. The van der Waals surface area contributed by atoms with E-state index in [0.29, 0.717) is 0 Å². The Bertz CT molecular complexity index is 266. The molecular formula is C9H10OS2. The van der Waals surface area contributed by atoms with Gasteiger partial charge in [-0.05, 0) is 30.5 Å². The van der Waals surface area contributed by atoms with Crippen LogP contribution in [0.15, 0.2) is 34.1 Å². The molecule has 1 aromatic rings. The van der Waals surface area contributed by atoms with E-state index < -0.39 is 0 Å². The van der Waals surface area contributed by atoms with Crippen LogP contribution >= 0.6 is 23.5 Å². The predicted molar refractivity (Wildman–Crippen MR) is 54.8 cm³/mol. The molecule has 0 radical (unpaired) electrons. The Morgan fingerprint density at radius 2 is 1.67 bits per heavy atom. The molecule has 1 nitrogen and oxygen atoms in total. The summed E-state index contributed by atoms with van der Waals surface area (Å²) in [6.45, 7) is 1.58.